The van der Waals surface area contributed by atoms with Crippen molar-refractivity contribution in [1.29, 1.82) is 0 Å². The first-order valence-electron chi connectivity index (χ1n) is 21.3. The van der Waals surface area contributed by atoms with Gasteiger partial charge in [-0.05, 0) is 50.9 Å². The second kappa shape index (κ2) is 32.4. The van der Waals surface area contributed by atoms with E-state index in [1.807, 2.05) is 0 Å². The van der Waals surface area contributed by atoms with Crippen LogP contribution in [0, 0.1) is 11.8 Å². The highest BCUT2D eigenvalue weighted by molar-refractivity contribution is 7.47. The summed E-state index contributed by atoms with van der Waals surface area (Å²) in [6, 6.07) is -1.57. The van der Waals surface area contributed by atoms with Crippen molar-refractivity contribution >= 4 is 25.7 Å². The van der Waals surface area contributed by atoms with E-state index in [1.54, 1.807) is 18.2 Å². The van der Waals surface area contributed by atoms with Gasteiger partial charge >= 0.3 is 25.7 Å². The molecule has 0 heterocycles. The number of carbonyl (C=O) groups is 3. The Hall–Kier alpha value is -2.42. The Morgan fingerprint density at radius 1 is 0.772 bits per heavy atom. The van der Waals surface area contributed by atoms with Gasteiger partial charge in [-0.15, -0.1) is 0 Å². The van der Waals surface area contributed by atoms with Gasteiger partial charge in [0.15, 0.2) is 6.10 Å². The maximum absolute atomic E-state index is 12.8. The number of carbonyl (C=O) groups excluding carboxylic acids is 2. The Bertz CT molecular complexity index is 1230. The number of rotatable bonds is 35. The van der Waals surface area contributed by atoms with Crippen molar-refractivity contribution in [2.75, 3.05) is 19.8 Å². The van der Waals surface area contributed by atoms with Gasteiger partial charge in [-0.2, -0.15) is 0 Å². The quantitative estimate of drug-likeness (QED) is 0.0160. The van der Waals surface area contributed by atoms with Crippen LogP contribution in [-0.2, 0) is 37.5 Å². The molecule has 0 bridgehead atoms. The molecule has 0 saturated heterocycles. The Labute approximate surface area is 340 Å². The molecule has 0 aromatic rings. The predicted molar refractivity (Wildman–Crippen MR) is 219 cm³/mol. The van der Waals surface area contributed by atoms with Gasteiger partial charge in [0.25, 0.3) is 0 Å². The topological polar surface area (TPSA) is 232 Å². The zero-order valence-electron chi connectivity index (χ0n) is 34.5. The van der Waals surface area contributed by atoms with Gasteiger partial charge in [0, 0.05) is 18.8 Å². The third-order valence-electron chi connectivity index (χ3n) is 9.96. The van der Waals surface area contributed by atoms with E-state index in [0.29, 0.717) is 19.3 Å². The van der Waals surface area contributed by atoms with Crippen LogP contribution in [0.1, 0.15) is 149 Å². The standard InChI is InChI=1S/C42H74NO13P/c1-3-5-7-8-9-10-11-12-13-14-15-16-17-18-20-25-40(47)53-30-34(31-54-57(51,52)55-32-37(43)42(49)50)56-41(48)26-22-21-24-35-36(39(46)29-38(35)45)28-27-33(44)23-19-6-4-2/h12-13,21-22,27-28,33-39,44-46H,3-11,14-20,23-26,29-32,43H2,1-2H3,(H,49,50)(H,51,52)/b13-12-,22-21-,28-27+/t33-,34-,35+,36-,37+,38+,39-/m1/s1. The highest BCUT2D eigenvalue weighted by Crippen LogP contribution is 2.43. The second-order valence-electron chi connectivity index (χ2n) is 15.1. The normalized spacial score (nSPS) is 21.2. The van der Waals surface area contributed by atoms with Crippen LogP contribution in [0.4, 0.5) is 0 Å². The fourth-order valence-corrected chi connectivity index (χ4v) is 7.28. The minimum absolute atomic E-state index is 0.146. The van der Waals surface area contributed by atoms with Crippen molar-refractivity contribution in [2.24, 2.45) is 17.6 Å². The van der Waals surface area contributed by atoms with E-state index in [-0.39, 0.29) is 31.1 Å². The van der Waals surface area contributed by atoms with Crippen LogP contribution in [0.3, 0.4) is 0 Å². The molecule has 0 amide bonds. The van der Waals surface area contributed by atoms with E-state index in [0.717, 1.165) is 57.8 Å². The lowest BCUT2D eigenvalue weighted by molar-refractivity contribution is -0.160. The molecular weight excluding hydrogens is 757 g/mol. The van der Waals surface area contributed by atoms with E-state index < -0.39 is 76.0 Å². The zero-order chi connectivity index (χ0) is 42.3. The molecule has 1 aliphatic carbocycles. The van der Waals surface area contributed by atoms with Crippen molar-refractivity contribution in [3.8, 4) is 0 Å². The molecule has 1 aliphatic rings. The van der Waals surface area contributed by atoms with Gasteiger partial charge in [0.2, 0.25) is 0 Å². The molecule has 57 heavy (non-hydrogen) atoms. The summed E-state index contributed by atoms with van der Waals surface area (Å²) < 4.78 is 32.6. The number of carboxylic acid groups (broad SMARTS) is 1. The molecule has 0 aromatic carbocycles. The monoisotopic (exact) mass is 831 g/mol. The number of allylic oxidation sites excluding steroid dienone is 3. The van der Waals surface area contributed by atoms with Crippen molar-refractivity contribution in [3.05, 3.63) is 36.5 Å². The first-order chi connectivity index (χ1) is 27.3. The lowest BCUT2D eigenvalue weighted by Crippen LogP contribution is -2.34. The van der Waals surface area contributed by atoms with Gasteiger partial charge in [0.1, 0.15) is 12.6 Å². The van der Waals surface area contributed by atoms with Crippen molar-refractivity contribution in [3.63, 3.8) is 0 Å². The fourth-order valence-electron chi connectivity index (χ4n) is 6.50. The van der Waals surface area contributed by atoms with E-state index in [2.05, 4.69) is 30.5 Å². The predicted octanol–water partition coefficient (Wildman–Crippen LogP) is 7.22. The van der Waals surface area contributed by atoms with Gasteiger partial charge in [-0.1, -0.05) is 121 Å². The van der Waals surface area contributed by atoms with Crippen LogP contribution in [-0.4, -0.2) is 93.5 Å². The molecule has 0 radical (unpaired) electrons. The third kappa shape index (κ3) is 27.1. The Kier molecular flexibility index (Phi) is 29.9. The highest BCUT2D eigenvalue weighted by atomic mass is 31.2. The number of nitrogens with two attached hydrogens (primary N) is 1. The van der Waals surface area contributed by atoms with Crippen LogP contribution in [0.2, 0.25) is 0 Å². The summed E-state index contributed by atoms with van der Waals surface area (Å²) >= 11 is 0. The lowest BCUT2D eigenvalue weighted by atomic mass is 9.89. The van der Waals surface area contributed by atoms with Gasteiger partial charge in [0.05, 0.1) is 37.9 Å². The smallest absolute Gasteiger partial charge is 0.472 e. The number of aliphatic carboxylic acids is 1. The summed E-state index contributed by atoms with van der Waals surface area (Å²) in [5, 5.41) is 40.2. The van der Waals surface area contributed by atoms with Crippen molar-refractivity contribution < 1.29 is 62.8 Å². The summed E-state index contributed by atoms with van der Waals surface area (Å²) in [6.45, 7) is 2.34. The number of esters is 2. The Morgan fingerprint density at radius 2 is 1.37 bits per heavy atom. The molecule has 7 N–H and O–H groups in total. The zero-order valence-corrected chi connectivity index (χ0v) is 35.4. The molecule has 0 aliphatic heterocycles. The number of hydrogen-bond acceptors (Lipinski definition) is 12. The molecule has 15 heteroatoms. The Balaban J connectivity index is 2.58. The number of carboxylic acids is 1. The minimum atomic E-state index is -4.81. The molecule has 14 nitrogen and oxygen atoms in total. The van der Waals surface area contributed by atoms with Crippen LogP contribution >= 0.6 is 7.82 Å². The molecule has 0 aromatic heterocycles. The number of ether oxygens (including phenoxy) is 2. The molecule has 1 saturated carbocycles. The Morgan fingerprint density at radius 3 is 2.02 bits per heavy atom. The molecule has 0 spiro atoms. The summed E-state index contributed by atoms with van der Waals surface area (Å²) in [6.07, 6.45) is 26.3. The van der Waals surface area contributed by atoms with Crippen molar-refractivity contribution in [1.82, 2.24) is 0 Å². The van der Waals surface area contributed by atoms with E-state index in [1.165, 1.54) is 44.6 Å². The number of phosphoric acid groups is 1. The van der Waals surface area contributed by atoms with Gasteiger partial charge < -0.3 is 40.5 Å². The largest absolute Gasteiger partial charge is 0.480 e. The average Bonchev–Trinajstić information content (AvgIpc) is 3.44. The van der Waals surface area contributed by atoms with Crippen LogP contribution < -0.4 is 5.73 Å². The number of aliphatic hydroxyl groups is 3. The fraction of sp³-hybridized carbons (Fsp3) is 0.786. The molecule has 1 fully saturated rings. The lowest BCUT2D eigenvalue weighted by Gasteiger charge is -2.20. The second-order valence-corrected chi connectivity index (χ2v) is 16.6. The molecule has 1 unspecified atom stereocenters. The summed E-state index contributed by atoms with van der Waals surface area (Å²) in [5.74, 6) is -3.44. The number of phosphoric ester groups is 1. The molecule has 1 rings (SSSR count). The molecule has 8 atom stereocenters. The maximum Gasteiger partial charge on any atom is 0.472 e. The van der Waals surface area contributed by atoms with Crippen molar-refractivity contribution in [2.45, 2.75) is 179 Å². The minimum Gasteiger partial charge on any atom is -0.480 e. The third-order valence-corrected chi connectivity index (χ3v) is 10.9. The van der Waals surface area contributed by atoms with Crippen LogP contribution in [0.15, 0.2) is 36.5 Å². The van der Waals surface area contributed by atoms with E-state index in [4.69, 9.17) is 24.8 Å². The maximum atomic E-state index is 12.8. The number of aliphatic hydroxyl groups excluding tert-OH is 3. The highest BCUT2D eigenvalue weighted by Gasteiger charge is 2.39. The van der Waals surface area contributed by atoms with Crippen LogP contribution in [0.25, 0.3) is 0 Å². The first kappa shape index (κ1) is 52.6. The molecular formula is C42H74NO13P. The molecule has 330 valence electrons. The SMILES string of the molecule is CCCCCCCC/C=C\CCCCCCCC(=O)OC[C@H](COP(=O)(O)OC[C@H](N)C(=O)O)OC(=O)C/C=C\C[C@H]1[C@@H](/C=C/[C@H](O)CCCCC)[C@H](O)C[C@@H]1O. The van der Waals surface area contributed by atoms with Gasteiger partial charge in [-0.25, -0.2) is 4.57 Å². The average molecular weight is 832 g/mol. The number of hydrogen-bond donors (Lipinski definition) is 6. The van der Waals surface area contributed by atoms with Crippen LogP contribution in [0.5, 0.6) is 0 Å². The van der Waals surface area contributed by atoms with E-state index in [9.17, 15) is 39.2 Å². The van der Waals surface area contributed by atoms with Gasteiger partial charge in [-0.3, -0.25) is 23.4 Å². The summed E-state index contributed by atoms with van der Waals surface area (Å²) in [7, 11) is -4.81. The summed E-state index contributed by atoms with van der Waals surface area (Å²) in [5.41, 5.74) is 5.32. The summed E-state index contributed by atoms with van der Waals surface area (Å²) in [4.78, 5) is 46.2. The number of unbranched alkanes of at least 4 members (excludes halogenated alkanes) is 13. The van der Waals surface area contributed by atoms with E-state index >= 15 is 0 Å². The first-order valence-corrected chi connectivity index (χ1v) is 22.8.